The predicted molar refractivity (Wildman–Crippen MR) is 86.9 cm³/mol. The van der Waals surface area contributed by atoms with Gasteiger partial charge in [0.25, 0.3) is 0 Å². The fourth-order valence-electron chi connectivity index (χ4n) is 2.58. The summed E-state index contributed by atoms with van der Waals surface area (Å²) in [5.41, 5.74) is 0.163. The van der Waals surface area contributed by atoms with Crippen LogP contribution in [0.15, 0.2) is 22.8 Å². The van der Waals surface area contributed by atoms with Crippen LogP contribution in [0.2, 0.25) is 0 Å². The molecule has 1 aliphatic rings. The van der Waals surface area contributed by atoms with Gasteiger partial charge in [-0.25, -0.2) is 4.98 Å². The Kier molecular flexibility index (Phi) is 4.90. The first kappa shape index (κ1) is 16.2. The zero-order chi connectivity index (χ0) is 16.9. The van der Waals surface area contributed by atoms with Crippen LogP contribution in [0.1, 0.15) is 24.3 Å². The lowest BCUT2D eigenvalue weighted by atomic mass is 10.2. The summed E-state index contributed by atoms with van der Waals surface area (Å²) >= 11 is 0. The summed E-state index contributed by atoms with van der Waals surface area (Å²) in [6.07, 6.45) is 3.71. The van der Waals surface area contributed by atoms with Crippen molar-refractivity contribution in [2.24, 2.45) is 0 Å². The predicted octanol–water partition coefficient (Wildman–Crippen LogP) is 2.49. The normalized spacial score (nSPS) is 17.0. The maximum Gasteiger partial charge on any atom is 0.332 e. The monoisotopic (exact) mass is 333 g/mol. The van der Waals surface area contributed by atoms with E-state index in [9.17, 15) is 10.1 Å². The molecule has 128 valence electrons. The number of nitrogens with one attached hydrogen (secondary N) is 2. The SMILES string of the molecule is Cc1nc(NCC2CCCO2)nc(NCc2ccco2)c1[N+](=O)[O-]. The number of nitrogens with zero attached hydrogens (tertiary/aromatic N) is 3. The van der Waals surface area contributed by atoms with Gasteiger partial charge in [-0.2, -0.15) is 4.98 Å². The van der Waals surface area contributed by atoms with Crippen LogP contribution in [0.3, 0.4) is 0 Å². The third-order valence-corrected chi connectivity index (χ3v) is 3.76. The maximum atomic E-state index is 11.3. The van der Waals surface area contributed by atoms with Gasteiger partial charge < -0.3 is 19.8 Å². The Balaban J connectivity index is 1.76. The minimum atomic E-state index is -0.482. The van der Waals surface area contributed by atoms with E-state index in [0.29, 0.717) is 30.5 Å². The Bertz CT molecular complexity index is 698. The van der Waals surface area contributed by atoms with Gasteiger partial charge in [-0.1, -0.05) is 0 Å². The fourth-order valence-corrected chi connectivity index (χ4v) is 2.58. The molecule has 9 nitrogen and oxygen atoms in total. The van der Waals surface area contributed by atoms with Gasteiger partial charge in [-0.15, -0.1) is 0 Å². The van der Waals surface area contributed by atoms with Crippen LogP contribution in [-0.2, 0) is 11.3 Å². The van der Waals surface area contributed by atoms with E-state index in [1.54, 1.807) is 25.3 Å². The molecule has 2 aromatic rings. The van der Waals surface area contributed by atoms with Crippen LogP contribution in [0.4, 0.5) is 17.5 Å². The van der Waals surface area contributed by atoms with Crippen molar-refractivity contribution in [1.82, 2.24) is 9.97 Å². The molecule has 9 heteroatoms. The smallest absolute Gasteiger partial charge is 0.332 e. The molecule has 0 aliphatic carbocycles. The van der Waals surface area contributed by atoms with Crippen LogP contribution in [0, 0.1) is 17.0 Å². The van der Waals surface area contributed by atoms with E-state index in [1.165, 1.54) is 0 Å². The van der Waals surface area contributed by atoms with E-state index in [2.05, 4.69) is 20.6 Å². The zero-order valence-corrected chi connectivity index (χ0v) is 13.3. The number of furan rings is 1. The van der Waals surface area contributed by atoms with E-state index in [4.69, 9.17) is 9.15 Å². The van der Waals surface area contributed by atoms with Crippen molar-refractivity contribution < 1.29 is 14.1 Å². The summed E-state index contributed by atoms with van der Waals surface area (Å²) in [5, 5.41) is 17.3. The average Bonchev–Trinajstić information content (AvgIpc) is 3.23. The van der Waals surface area contributed by atoms with Gasteiger partial charge in [0.1, 0.15) is 11.5 Å². The molecule has 3 heterocycles. The van der Waals surface area contributed by atoms with E-state index >= 15 is 0 Å². The van der Waals surface area contributed by atoms with Crippen molar-refractivity contribution in [2.45, 2.75) is 32.4 Å². The van der Waals surface area contributed by atoms with Crippen LogP contribution in [0.25, 0.3) is 0 Å². The zero-order valence-electron chi connectivity index (χ0n) is 13.3. The van der Waals surface area contributed by atoms with Gasteiger partial charge in [0.2, 0.25) is 11.8 Å². The van der Waals surface area contributed by atoms with E-state index in [0.717, 1.165) is 19.4 Å². The summed E-state index contributed by atoms with van der Waals surface area (Å²) in [4.78, 5) is 19.2. The highest BCUT2D eigenvalue weighted by Crippen LogP contribution is 2.27. The number of ether oxygens (including phenoxy) is 1. The van der Waals surface area contributed by atoms with Crippen LogP contribution < -0.4 is 10.6 Å². The van der Waals surface area contributed by atoms with E-state index < -0.39 is 4.92 Å². The largest absolute Gasteiger partial charge is 0.467 e. The second-order valence-corrected chi connectivity index (χ2v) is 5.54. The maximum absolute atomic E-state index is 11.3. The Morgan fingerprint density at radius 1 is 1.42 bits per heavy atom. The standard InChI is InChI=1S/C15H19N5O4/c1-10-13(20(21)22)14(16-8-11-4-2-6-23-11)19-15(18-10)17-9-12-5-3-7-24-12/h2,4,6,12H,3,5,7-9H2,1H3,(H2,16,17,18,19). The number of hydrogen-bond donors (Lipinski definition) is 2. The molecule has 1 fully saturated rings. The Morgan fingerprint density at radius 3 is 2.96 bits per heavy atom. The second-order valence-electron chi connectivity index (χ2n) is 5.54. The van der Waals surface area contributed by atoms with Crippen molar-refractivity contribution in [3.8, 4) is 0 Å². The molecule has 0 saturated carbocycles. The topological polar surface area (TPSA) is 115 Å². The molecule has 1 atom stereocenters. The highest BCUT2D eigenvalue weighted by Gasteiger charge is 2.23. The van der Waals surface area contributed by atoms with E-state index in [1.807, 2.05) is 0 Å². The molecular formula is C15H19N5O4. The van der Waals surface area contributed by atoms with Crippen molar-refractivity contribution >= 4 is 17.5 Å². The minimum absolute atomic E-state index is 0.128. The Labute approximate surface area is 138 Å². The lowest BCUT2D eigenvalue weighted by molar-refractivity contribution is -0.385. The molecule has 1 saturated heterocycles. The van der Waals surface area contributed by atoms with E-state index in [-0.39, 0.29) is 17.6 Å². The summed E-state index contributed by atoms with van der Waals surface area (Å²) < 4.78 is 10.8. The van der Waals surface area contributed by atoms with Gasteiger partial charge in [-0.3, -0.25) is 10.1 Å². The molecule has 0 aromatic carbocycles. The number of hydrogen-bond acceptors (Lipinski definition) is 8. The third kappa shape index (κ3) is 3.80. The first-order chi connectivity index (χ1) is 11.6. The van der Waals surface area contributed by atoms with Crippen molar-refractivity contribution in [1.29, 1.82) is 0 Å². The van der Waals surface area contributed by atoms with Gasteiger partial charge in [-0.05, 0) is 31.9 Å². The molecule has 0 radical (unpaired) electrons. The molecule has 3 rings (SSSR count). The van der Waals surface area contributed by atoms with Crippen LogP contribution in [-0.4, -0.2) is 34.1 Å². The van der Waals surface area contributed by atoms with Crippen molar-refractivity contribution in [3.63, 3.8) is 0 Å². The molecular weight excluding hydrogens is 314 g/mol. The summed E-state index contributed by atoms with van der Waals surface area (Å²) in [5.74, 6) is 1.17. The number of anilines is 2. The van der Waals surface area contributed by atoms with Gasteiger partial charge >= 0.3 is 5.69 Å². The quantitative estimate of drug-likeness (QED) is 0.586. The van der Waals surface area contributed by atoms with Gasteiger partial charge in [0.15, 0.2) is 0 Å². The third-order valence-electron chi connectivity index (χ3n) is 3.76. The molecule has 1 unspecified atom stereocenters. The summed E-state index contributed by atoms with van der Waals surface area (Å²) in [7, 11) is 0. The highest BCUT2D eigenvalue weighted by atomic mass is 16.6. The van der Waals surface area contributed by atoms with Crippen molar-refractivity contribution in [2.75, 3.05) is 23.8 Å². The summed E-state index contributed by atoms with van der Waals surface area (Å²) in [6, 6.07) is 3.54. The number of nitro groups is 1. The Morgan fingerprint density at radius 2 is 2.29 bits per heavy atom. The second kappa shape index (κ2) is 7.26. The molecule has 0 spiro atoms. The van der Waals surface area contributed by atoms with Crippen LogP contribution in [0.5, 0.6) is 0 Å². The molecule has 2 N–H and O–H groups in total. The lowest BCUT2D eigenvalue weighted by Crippen LogP contribution is -2.20. The number of rotatable bonds is 7. The lowest BCUT2D eigenvalue weighted by Gasteiger charge is -2.13. The van der Waals surface area contributed by atoms with Crippen molar-refractivity contribution in [3.05, 3.63) is 40.0 Å². The summed E-state index contributed by atoms with van der Waals surface area (Å²) in [6.45, 7) is 3.24. The highest BCUT2D eigenvalue weighted by molar-refractivity contribution is 5.60. The fraction of sp³-hybridized carbons (Fsp3) is 0.467. The number of aryl methyl sites for hydroxylation is 1. The molecule has 2 aromatic heterocycles. The Hall–Kier alpha value is -2.68. The van der Waals surface area contributed by atoms with Gasteiger partial charge in [0.05, 0.1) is 23.8 Å². The van der Waals surface area contributed by atoms with Gasteiger partial charge in [0, 0.05) is 13.2 Å². The first-order valence-electron chi connectivity index (χ1n) is 7.78. The molecule has 24 heavy (non-hydrogen) atoms. The minimum Gasteiger partial charge on any atom is -0.467 e. The van der Waals surface area contributed by atoms with Crippen LogP contribution >= 0.6 is 0 Å². The molecule has 0 bridgehead atoms. The number of aromatic nitrogens is 2. The molecule has 0 amide bonds. The first-order valence-corrected chi connectivity index (χ1v) is 7.78. The average molecular weight is 333 g/mol. The molecule has 1 aliphatic heterocycles.